The third-order valence-electron chi connectivity index (χ3n) is 3.90. The van der Waals surface area contributed by atoms with Gasteiger partial charge in [-0.05, 0) is 19.8 Å². The number of aliphatic hydroxyl groups excluding tert-OH is 1. The summed E-state index contributed by atoms with van der Waals surface area (Å²) in [6.07, 6.45) is 3.06. The van der Waals surface area contributed by atoms with Crippen LogP contribution in [0.25, 0.3) is 0 Å². The van der Waals surface area contributed by atoms with Crippen LogP contribution in [0.3, 0.4) is 0 Å². The fraction of sp³-hybridized carbons (Fsp3) is 0.533. The molecule has 1 atom stereocenters. The predicted molar refractivity (Wildman–Crippen MR) is 85.0 cm³/mol. The number of likely N-dealkylation sites (tertiary alicyclic amines) is 1. The summed E-state index contributed by atoms with van der Waals surface area (Å²) in [6, 6.07) is 1.51. The second-order valence-corrected chi connectivity index (χ2v) is 6.68. The van der Waals surface area contributed by atoms with Gasteiger partial charge in [-0.2, -0.15) is 0 Å². The molecule has 1 saturated heterocycles. The molecule has 0 radical (unpaired) electrons. The number of nitrogens with one attached hydrogen (secondary N) is 1. The lowest BCUT2D eigenvalue weighted by atomic mass is 10.1. The van der Waals surface area contributed by atoms with Gasteiger partial charge in [-0.1, -0.05) is 5.16 Å². The Morgan fingerprint density at radius 2 is 2.35 bits per heavy atom. The molecule has 23 heavy (non-hydrogen) atoms. The highest BCUT2D eigenvalue weighted by atomic mass is 32.1. The molecule has 0 aliphatic carbocycles. The van der Waals surface area contributed by atoms with Crippen LogP contribution < -0.4 is 5.32 Å². The third-order valence-corrected chi connectivity index (χ3v) is 4.86. The number of aliphatic hydroxyl groups is 1. The highest BCUT2D eigenvalue weighted by molar-refractivity contribution is 7.09. The molecule has 0 unspecified atom stereocenters. The molecular formula is C15H20N4O3S. The summed E-state index contributed by atoms with van der Waals surface area (Å²) in [4.78, 5) is 18.6. The first kappa shape index (κ1) is 16.1. The average molecular weight is 336 g/mol. The summed E-state index contributed by atoms with van der Waals surface area (Å²) in [6.45, 7) is 4.14. The van der Waals surface area contributed by atoms with E-state index in [1.807, 2.05) is 12.3 Å². The zero-order chi connectivity index (χ0) is 16.2. The number of hydrogen-bond acceptors (Lipinski definition) is 7. The van der Waals surface area contributed by atoms with Crippen molar-refractivity contribution in [2.24, 2.45) is 0 Å². The minimum absolute atomic E-state index is 0.161. The summed E-state index contributed by atoms with van der Waals surface area (Å²) in [7, 11) is 0. The number of rotatable bonds is 5. The standard InChI is InChI=1S/C15H20N4O3S/c1-10(15-16-4-7-23-15)17-14(21)13-8-12(22-18-13)9-19-5-2-11(20)3-6-19/h4,7-8,10-11,20H,2-3,5-6,9H2,1H3,(H,17,21)/t10-/m1/s1. The van der Waals surface area contributed by atoms with Crippen molar-refractivity contribution in [3.05, 3.63) is 34.1 Å². The van der Waals surface area contributed by atoms with Crippen molar-refractivity contribution in [2.75, 3.05) is 13.1 Å². The first-order chi connectivity index (χ1) is 11.1. The molecule has 0 spiro atoms. The van der Waals surface area contributed by atoms with Gasteiger partial charge in [-0.3, -0.25) is 9.69 Å². The quantitative estimate of drug-likeness (QED) is 0.861. The lowest BCUT2D eigenvalue weighted by molar-refractivity contribution is 0.0748. The Balaban J connectivity index is 1.55. The fourth-order valence-corrected chi connectivity index (χ4v) is 3.22. The van der Waals surface area contributed by atoms with Crippen molar-refractivity contribution in [2.45, 2.75) is 38.5 Å². The minimum atomic E-state index is -0.267. The van der Waals surface area contributed by atoms with Crippen LogP contribution in [0.15, 0.2) is 22.2 Å². The Morgan fingerprint density at radius 1 is 1.57 bits per heavy atom. The largest absolute Gasteiger partial charge is 0.393 e. The molecule has 2 aromatic rings. The van der Waals surface area contributed by atoms with E-state index in [1.165, 1.54) is 11.3 Å². The van der Waals surface area contributed by atoms with E-state index in [0.29, 0.717) is 12.3 Å². The van der Waals surface area contributed by atoms with Crippen LogP contribution in [0, 0.1) is 0 Å². The smallest absolute Gasteiger partial charge is 0.274 e. The number of hydrogen-bond donors (Lipinski definition) is 2. The van der Waals surface area contributed by atoms with Gasteiger partial charge < -0.3 is 14.9 Å². The van der Waals surface area contributed by atoms with E-state index in [-0.39, 0.29) is 23.7 Å². The van der Waals surface area contributed by atoms with Gasteiger partial charge in [0.2, 0.25) is 0 Å². The number of thiazole rings is 1. The lowest BCUT2D eigenvalue weighted by Gasteiger charge is -2.28. The summed E-state index contributed by atoms with van der Waals surface area (Å²) in [5.41, 5.74) is 0.278. The zero-order valence-corrected chi connectivity index (χ0v) is 13.8. The molecule has 1 amide bonds. The number of piperidine rings is 1. The highest BCUT2D eigenvalue weighted by Gasteiger charge is 2.20. The lowest BCUT2D eigenvalue weighted by Crippen LogP contribution is -2.35. The summed E-state index contributed by atoms with van der Waals surface area (Å²) >= 11 is 1.50. The normalized spacial score (nSPS) is 18.0. The summed E-state index contributed by atoms with van der Waals surface area (Å²) in [5, 5.41) is 19.0. The summed E-state index contributed by atoms with van der Waals surface area (Å²) < 4.78 is 5.26. The van der Waals surface area contributed by atoms with Crippen molar-refractivity contribution in [1.29, 1.82) is 0 Å². The van der Waals surface area contributed by atoms with Crippen molar-refractivity contribution in [1.82, 2.24) is 20.4 Å². The van der Waals surface area contributed by atoms with E-state index in [2.05, 4.69) is 20.4 Å². The summed E-state index contributed by atoms with van der Waals surface area (Å²) in [5.74, 6) is 0.394. The van der Waals surface area contributed by atoms with Crippen molar-refractivity contribution in [3.63, 3.8) is 0 Å². The Hall–Kier alpha value is -1.77. The molecule has 0 aromatic carbocycles. The third kappa shape index (κ3) is 4.15. The van der Waals surface area contributed by atoms with E-state index < -0.39 is 0 Å². The van der Waals surface area contributed by atoms with Crippen LogP contribution in [0.2, 0.25) is 0 Å². The Bertz CT molecular complexity index is 635. The van der Waals surface area contributed by atoms with E-state index in [9.17, 15) is 9.90 Å². The number of nitrogens with zero attached hydrogens (tertiary/aromatic N) is 3. The van der Waals surface area contributed by atoms with E-state index in [4.69, 9.17) is 4.52 Å². The first-order valence-electron chi connectivity index (χ1n) is 7.68. The highest BCUT2D eigenvalue weighted by Crippen LogP contribution is 2.17. The number of carbonyl (C=O) groups is 1. The maximum atomic E-state index is 12.2. The van der Waals surface area contributed by atoms with E-state index >= 15 is 0 Å². The van der Waals surface area contributed by atoms with Crippen LogP contribution in [0.5, 0.6) is 0 Å². The van der Waals surface area contributed by atoms with E-state index in [0.717, 1.165) is 30.9 Å². The molecule has 0 bridgehead atoms. The van der Waals surface area contributed by atoms with Crippen molar-refractivity contribution in [3.8, 4) is 0 Å². The maximum Gasteiger partial charge on any atom is 0.274 e. The van der Waals surface area contributed by atoms with Gasteiger partial charge in [0, 0.05) is 30.7 Å². The van der Waals surface area contributed by atoms with Gasteiger partial charge in [0.25, 0.3) is 5.91 Å². The SMILES string of the molecule is C[C@@H](NC(=O)c1cc(CN2CCC(O)CC2)on1)c1nccs1. The molecule has 2 aromatic heterocycles. The van der Waals surface area contributed by atoms with Crippen LogP contribution >= 0.6 is 11.3 Å². The molecule has 7 nitrogen and oxygen atoms in total. The number of amides is 1. The topological polar surface area (TPSA) is 91.5 Å². The minimum Gasteiger partial charge on any atom is -0.393 e. The van der Waals surface area contributed by atoms with E-state index in [1.54, 1.807) is 12.3 Å². The maximum absolute atomic E-state index is 12.2. The molecule has 1 aliphatic heterocycles. The molecule has 0 saturated carbocycles. The van der Waals surface area contributed by atoms with Crippen LogP contribution in [0.1, 0.15) is 47.1 Å². The number of carbonyl (C=O) groups excluding carboxylic acids is 1. The molecule has 2 N–H and O–H groups in total. The van der Waals surface area contributed by atoms with Gasteiger partial charge in [0.15, 0.2) is 11.5 Å². The molecule has 3 rings (SSSR count). The second kappa shape index (κ2) is 7.20. The fourth-order valence-electron chi connectivity index (χ4n) is 2.57. The monoisotopic (exact) mass is 336 g/mol. The molecule has 8 heteroatoms. The van der Waals surface area contributed by atoms with Gasteiger partial charge in [-0.25, -0.2) is 4.98 Å². The van der Waals surface area contributed by atoms with Crippen molar-refractivity contribution >= 4 is 17.2 Å². The van der Waals surface area contributed by atoms with Gasteiger partial charge in [0.05, 0.1) is 18.7 Å². The number of aromatic nitrogens is 2. The van der Waals surface area contributed by atoms with Gasteiger partial charge in [-0.15, -0.1) is 11.3 Å². The van der Waals surface area contributed by atoms with Gasteiger partial charge >= 0.3 is 0 Å². The first-order valence-corrected chi connectivity index (χ1v) is 8.56. The second-order valence-electron chi connectivity index (χ2n) is 5.75. The van der Waals surface area contributed by atoms with Gasteiger partial charge in [0.1, 0.15) is 5.01 Å². The Morgan fingerprint density at radius 3 is 3.04 bits per heavy atom. The molecule has 3 heterocycles. The zero-order valence-electron chi connectivity index (χ0n) is 12.9. The van der Waals surface area contributed by atoms with Crippen LogP contribution in [-0.4, -0.2) is 45.2 Å². The predicted octanol–water partition coefficient (Wildman–Crippen LogP) is 1.58. The molecule has 1 aliphatic rings. The average Bonchev–Trinajstić information content (AvgIpc) is 3.21. The Kier molecular flexibility index (Phi) is 5.04. The Labute approximate surface area is 138 Å². The van der Waals surface area contributed by atoms with Crippen LogP contribution in [0.4, 0.5) is 0 Å². The molecular weight excluding hydrogens is 316 g/mol. The van der Waals surface area contributed by atoms with Crippen molar-refractivity contribution < 1.29 is 14.4 Å². The molecule has 124 valence electrons. The molecule has 1 fully saturated rings. The van der Waals surface area contributed by atoms with Crippen LogP contribution in [-0.2, 0) is 6.54 Å².